The summed E-state index contributed by atoms with van der Waals surface area (Å²) in [6.45, 7) is 4.14. The third-order valence-electron chi connectivity index (χ3n) is 2.93. The van der Waals surface area contributed by atoms with Crippen molar-refractivity contribution in [2.75, 3.05) is 20.2 Å². The van der Waals surface area contributed by atoms with Gasteiger partial charge in [0.1, 0.15) is 5.75 Å². The third-order valence-corrected chi connectivity index (χ3v) is 5.08. The minimum atomic E-state index is -3.69. The first kappa shape index (κ1) is 16.5. The summed E-state index contributed by atoms with van der Waals surface area (Å²) in [5, 5.41) is 8.92. The Kier molecular flexibility index (Phi) is 5.52. The van der Waals surface area contributed by atoms with E-state index >= 15 is 0 Å². The maximum Gasteiger partial charge on any atom is 0.307 e. The number of carboxylic acids is 1. The summed E-state index contributed by atoms with van der Waals surface area (Å²) < 4.78 is 31.3. The zero-order valence-electron chi connectivity index (χ0n) is 11.8. The van der Waals surface area contributed by atoms with Crippen LogP contribution >= 0.6 is 0 Å². The number of rotatable bonds is 7. The molecule has 0 aliphatic carbocycles. The quantitative estimate of drug-likeness (QED) is 0.822. The minimum absolute atomic E-state index is 0.0180. The van der Waals surface area contributed by atoms with Crippen molar-refractivity contribution in [2.24, 2.45) is 0 Å². The van der Waals surface area contributed by atoms with E-state index in [1.165, 1.54) is 29.6 Å². The number of nitrogens with zero attached hydrogens (tertiary/aromatic N) is 1. The maximum atomic E-state index is 12.5. The van der Waals surface area contributed by atoms with E-state index < -0.39 is 16.0 Å². The van der Waals surface area contributed by atoms with Gasteiger partial charge in [-0.1, -0.05) is 13.8 Å². The predicted octanol–water partition coefficient (Wildman–Crippen LogP) is 1.35. The average molecular weight is 301 g/mol. The van der Waals surface area contributed by atoms with E-state index in [-0.39, 0.29) is 16.9 Å². The van der Waals surface area contributed by atoms with Crippen molar-refractivity contribution in [3.05, 3.63) is 23.8 Å². The van der Waals surface area contributed by atoms with Gasteiger partial charge in [-0.05, 0) is 23.8 Å². The van der Waals surface area contributed by atoms with E-state index in [1.54, 1.807) is 13.8 Å². The summed E-state index contributed by atoms with van der Waals surface area (Å²) in [4.78, 5) is 10.9. The van der Waals surface area contributed by atoms with Crippen LogP contribution in [0.3, 0.4) is 0 Å². The van der Waals surface area contributed by atoms with Crippen LogP contribution in [0.2, 0.25) is 0 Å². The Bertz CT molecular complexity index is 578. The topological polar surface area (TPSA) is 83.9 Å². The van der Waals surface area contributed by atoms with Crippen molar-refractivity contribution in [3.8, 4) is 5.75 Å². The zero-order chi connectivity index (χ0) is 15.3. The van der Waals surface area contributed by atoms with Crippen molar-refractivity contribution >= 4 is 16.0 Å². The van der Waals surface area contributed by atoms with Crippen molar-refractivity contribution in [1.29, 1.82) is 0 Å². The standard InChI is InChI=1S/C13H19NO5S/c1-4-14(5-2)20(17,18)12-7-6-11(19-3)8-10(12)9-13(15)16/h6-8H,4-5,9H2,1-3H3,(H,15,16). The number of carbonyl (C=O) groups is 1. The Morgan fingerprint density at radius 2 is 1.90 bits per heavy atom. The highest BCUT2D eigenvalue weighted by molar-refractivity contribution is 7.89. The van der Waals surface area contributed by atoms with Gasteiger partial charge in [0.15, 0.2) is 0 Å². The average Bonchev–Trinajstić information content (AvgIpc) is 2.38. The van der Waals surface area contributed by atoms with Gasteiger partial charge in [-0.3, -0.25) is 4.79 Å². The van der Waals surface area contributed by atoms with Gasteiger partial charge in [0.2, 0.25) is 10.0 Å². The lowest BCUT2D eigenvalue weighted by Gasteiger charge is -2.20. The molecule has 0 bridgehead atoms. The smallest absolute Gasteiger partial charge is 0.307 e. The second-order valence-electron chi connectivity index (χ2n) is 4.13. The molecule has 0 unspecified atom stereocenters. The molecule has 0 fully saturated rings. The molecule has 0 atom stereocenters. The Labute approximate surface area is 119 Å². The van der Waals surface area contributed by atoms with E-state index in [0.717, 1.165) is 0 Å². The molecule has 0 aliphatic heterocycles. The second-order valence-corrected chi connectivity index (χ2v) is 6.04. The molecule has 1 aromatic rings. The molecule has 0 saturated heterocycles. The highest BCUT2D eigenvalue weighted by Gasteiger charge is 2.25. The lowest BCUT2D eigenvalue weighted by atomic mass is 10.1. The van der Waals surface area contributed by atoms with Gasteiger partial charge in [0, 0.05) is 13.1 Å². The summed E-state index contributed by atoms with van der Waals surface area (Å²) in [5.41, 5.74) is 0.226. The lowest BCUT2D eigenvalue weighted by molar-refractivity contribution is -0.136. The van der Waals surface area contributed by atoms with Crippen molar-refractivity contribution in [1.82, 2.24) is 4.31 Å². The summed E-state index contributed by atoms with van der Waals surface area (Å²) in [6, 6.07) is 4.36. The van der Waals surface area contributed by atoms with Crippen molar-refractivity contribution < 1.29 is 23.1 Å². The van der Waals surface area contributed by atoms with E-state index in [4.69, 9.17) is 9.84 Å². The van der Waals surface area contributed by atoms with Crippen LogP contribution in [-0.2, 0) is 21.2 Å². The molecule has 0 radical (unpaired) electrons. The minimum Gasteiger partial charge on any atom is -0.497 e. The monoisotopic (exact) mass is 301 g/mol. The molecule has 0 aliphatic rings. The third kappa shape index (κ3) is 3.49. The van der Waals surface area contributed by atoms with Crippen LogP contribution in [0.5, 0.6) is 5.75 Å². The highest BCUT2D eigenvalue weighted by Crippen LogP contribution is 2.25. The van der Waals surface area contributed by atoms with Crippen molar-refractivity contribution in [3.63, 3.8) is 0 Å². The molecule has 0 amide bonds. The molecule has 20 heavy (non-hydrogen) atoms. The molecule has 0 spiro atoms. The molecule has 0 saturated carbocycles. The largest absolute Gasteiger partial charge is 0.497 e. The van der Waals surface area contributed by atoms with Crippen LogP contribution < -0.4 is 4.74 Å². The first-order valence-electron chi connectivity index (χ1n) is 6.25. The number of sulfonamides is 1. The van der Waals surface area contributed by atoms with Gasteiger partial charge in [-0.15, -0.1) is 0 Å². The molecular weight excluding hydrogens is 282 g/mol. The van der Waals surface area contributed by atoms with Gasteiger partial charge in [-0.25, -0.2) is 8.42 Å². The number of carboxylic acid groups (broad SMARTS) is 1. The fraction of sp³-hybridized carbons (Fsp3) is 0.462. The first-order valence-corrected chi connectivity index (χ1v) is 7.69. The van der Waals surface area contributed by atoms with Crippen LogP contribution in [0.1, 0.15) is 19.4 Å². The zero-order valence-corrected chi connectivity index (χ0v) is 12.6. The van der Waals surface area contributed by atoms with Gasteiger partial charge >= 0.3 is 5.97 Å². The Hall–Kier alpha value is -1.60. The van der Waals surface area contributed by atoms with Crippen molar-refractivity contribution in [2.45, 2.75) is 25.2 Å². The van der Waals surface area contributed by atoms with E-state index in [1.807, 2.05) is 0 Å². The normalized spacial score (nSPS) is 11.6. The van der Waals surface area contributed by atoms with Crippen LogP contribution in [0.25, 0.3) is 0 Å². The lowest BCUT2D eigenvalue weighted by Crippen LogP contribution is -2.31. The van der Waals surface area contributed by atoms with E-state index in [0.29, 0.717) is 18.8 Å². The predicted molar refractivity (Wildman–Crippen MR) is 74.4 cm³/mol. The molecule has 1 N–H and O–H groups in total. The molecule has 1 aromatic carbocycles. The Morgan fingerprint density at radius 3 is 2.35 bits per heavy atom. The number of methoxy groups -OCH3 is 1. The Balaban J connectivity index is 3.39. The molecule has 1 rings (SSSR count). The maximum absolute atomic E-state index is 12.5. The molecular formula is C13H19NO5S. The number of benzene rings is 1. The summed E-state index contributed by atoms with van der Waals surface area (Å²) in [6.07, 6.45) is -0.368. The van der Waals surface area contributed by atoms with Gasteiger partial charge < -0.3 is 9.84 Å². The van der Waals surface area contributed by atoms with Crippen LogP contribution in [0.15, 0.2) is 23.1 Å². The van der Waals surface area contributed by atoms with E-state index in [2.05, 4.69) is 0 Å². The van der Waals surface area contributed by atoms with Gasteiger partial charge in [0.05, 0.1) is 18.4 Å². The number of ether oxygens (including phenoxy) is 1. The Morgan fingerprint density at radius 1 is 1.30 bits per heavy atom. The molecule has 112 valence electrons. The van der Waals surface area contributed by atoms with Crippen LogP contribution in [0.4, 0.5) is 0 Å². The SMILES string of the molecule is CCN(CC)S(=O)(=O)c1ccc(OC)cc1CC(=O)O. The number of aliphatic carboxylic acids is 1. The highest BCUT2D eigenvalue weighted by atomic mass is 32.2. The fourth-order valence-electron chi connectivity index (χ4n) is 1.94. The second kappa shape index (κ2) is 6.71. The fourth-order valence-corrected chi connectivity index (χ4v) is 3.60. The number of hydrogen-bond donors (Lipinski definition) is 1. The van der Waals surface area contributed by atoms with Gasteiger partial charge in [0.25, 0.3) is 0 Å². The number of hydrogen-bond acceptors (Lipinski definition) is 4. The van der Waals surface area contributed by atoms with Gasteiger partial charge in [-0.2, -0.15) is 4.31 Å². The molecule has 0 aromatic heterocycles. The van der Waals surface area contributed by atoms with Crippen LogP contribution in [0, 0.1) is 0 Å². The van der Waals surface area contributed by atoms with Crippen LogP contribution in [-0.4, -0.2) is 44.0 Å². The molecule has 7 heteroatoms. The molecule has 6 nitrogen and oxygen atoms in total. The summed E-state index contributed by atoms with van der Waals surface area (Å²) in [5.74, 6) is -0.658. The summed E-state index contributed by atoms with van der Waals surface area (Å²) in [7, 11) is -2.25. The first-order chi connectivity index (χ1) is 9.36. The molecule has 0 heterocycles. The van der Waals surface area contributed by atoms with E-state index in [9.17, 15) is 13.2 Å². The summed E-state index contributed by atoms with van der Waals surface area (Å²) >= 11 is 0.